The van der Waals surface area contributed by atoms with E-state index in [1.807, 2.05) is 113 Å². The van der Waals surface area contributed by atoms with Gasteiger partial charge < -0.3 is 33.8 Å². The second-order valence-electron chi connectivity index (χ2n) is 15.7. The van der Waals surface area contributed by atoms with Gasteiger partial charge in [-0.2, -0.15) is 0 Å². The quantitative estimate of drug-likeness (QED) is 0.0199. The lowest BCUT2D eigenvalue weighted by Gasteiger charge is -2.25. The van der Waals surface area contributed by atoms with Gasteiger partial charge in [-0.1, -0.05) is 90.8 Å². The smallest absolute Gasteiger partial charge is 0.360 e. The van der Waals surface area contributed by atoms with Crippen molar-refractivity contribution in [1.29, 1.82) is 0 Å². The number of nitrogens with zero attached hydrogens (tertiary/aromatic N) is 4. The molecule has 0 aliphatic carbocycles. The number of allylic oxidation sites excluding steroid dienone is 1. The van der Waals surface area contributed by atoms with Gasteiger partial charge in [0, 0.05) is 42.7 Å². The van der Waals surface area contributed by atoms with E-state index in [1.54, 1.807) is 23.1 Å². The van der Waals surface area contributed by atoms with Gasteiger partial charge in [0.15, 0.2) is 23.6 Å². The zero-order chi connectivity index (χ0) is 48.1. The second kappa shape index (κ2) is 24.0. The van der Waals surface area contributed by atoms with E-state index in [2.05, 4.69) is 49.9 Å². The first-order valence-electron chi connectivity index (χ1n) is 20.9. The first kappa shape index (κ1) is 53.2. The van der Waals surface area contributed by atoms with E-state index >= 15 is 0 Å². The highest BCUT2D eigenvalue weighted by Gasteiger charge is 2.46. The van der Waals surface area contributed by atoms with Crippen LogP contribution in [-0.4, -0.2) is 72.8 Å². The Balaban J connectivity index is 1.27. The van der Waals surface area contributed by atoms with Crippen LogP contribution in [0.3, 0.4) is 0 Å². The minimum Gasteiger partial charge on any atom is -0.463 e. The zero-order valence-electron chi connectivity index (χ0n) is 37.5. The Hall–Kier alpha value is -3.76. The zero-order valence-corrected chi connectivity index (χ0v) is 43.6. The number of rotatable bonds is 24. The standard InChI is InChI=1S/C46H55N4O9P5S2/c1-7-31-46(5,59-42-24-18-38(19-25-42)30-32-50(34-62(51,52)53)35-63(54,55)56)61(66)49(6)47-33-39-20-22-41(23-21-39)58-37(4)60(65)48-64(43-14-10-8-11-15-43,44-16-12-9-13-17-44)45-28-26-40(27-29-45)57-36(2)3/h8-29,33,37H,2,7,30-32,34-35H2,1,3-6H3,(H2-2,51,52,53,54,55,56)/p+2. The summed E-state index contributed by atoms with van der Waals surface area (Å²) in [5.41, 5.74) is 1.65. The summed E-state index contributed by atoms with van der Waals surface area (Å²) in [7, 11) is -9.81. The van der Waals surface area contributed by atoms with Crippen LogP contribution in [-0.2, 0) is 39.2 Å². The van der Waals surface area contributed by atoms with E-state index in [0.29, 0.717) is 35.8 Å². The second-order valence-corrected chi connectivity index (χ2v) is 28.0. The summed E-state index contributed by atoms with van der Waals surface area (Å²) in [6.45, 7) is 8.95. The monoisotopic (exact) mass is 1030 g/mol. The maximum absolute atomic E-state index is 11.6. The van der Waals surface area contributed by atoms with Gasteiger partial charge in [0.1, 0.15) is 36.9 Å². The molecule has 0 aromatic heterocycles. The maximum atomic E-state index is 11.6. The summed E-state index contributed by atoms with van der Waals surface area (Å²) < 4.78 is 49.3. The van der Waals surface area contributed by atoms with E-state index in [1.165, 1.54) is 0 Å². The van der Waals surface area contributed by atoms with Gasteiger partial charge in [-0.05, 0) is 91.6 Å². The normalized spacial score (nSPS) is 14.0. The fourth-order valence-corrected chi connectivity index (χ4v) is 17.5. The van der Waals surface area contributed by atoms with Crippen molar-refractivity contribution >= 4 is 81.7 Å². The molecule has 4 N–H and O–H groups in total. The SMILES string of the molecule is C=C(C)Oc1ccc(P(=N[P+](=S)C(C)Oc2ccc(C=NN(C)[P+](=S)C(C)(CCC)Oc3ccc(CCN(CP(=O)(O)O)CP(=O)(O)O)cc3)cc2)(c2ccccc2)c2ccccc2)cc1. The lowest BCUT2D eigenvalue weighted by molar-refractivity contribution is 0.164. The van der Waals surface area contributed by atoms with Crippen LogP contribution in [0.25, 0.3) is 0 Å². The third-order valence-electron chi connectivity index (χ3n) is 9.98. The highest BCUT2D eigenvalue weighted by atomic mass is 32.4. The summed E-state index contributed by atoms with van der Waals surface area (Å²) in [6.07, 6.45) is 2.04. The Morgan fingerprint density at radius 2 is 1.29 bits per heavy atom. The molecule has 5 rings (SSSR count). The van der Waals surface area contributed by atoms with E-state index < -0.39 is 53.9 Å². The molecular formula is C46H57N4O9P5S2+2. The van der Waals surface area contributed by atoms with Gasteiger partial charge in [0.25, 0.3) is 11.2 Å². The highest BCUT2D eigenvalue weighted by molar-refractivity contribution is 8.07. The van der Waals surface area contributed by atoms with Gasteiger partial charge in [0.05, 0.1) is 19.0 Å². The Kier molecular flexibility index (Phi) is 19.3. The molecule has 0 radical (unpaired) electrons. The van der Waals surface area contributed by atoms with Gasteiger partial charge in [-0.3, -0.25) is 14.0 Å². The van der Waals surface area contributed by atoms with Crippen molar-refractivity contribution in [2.24, 2.45) is 9.62 Å². The lowest BCUT2D eigenvalue weighted by atomic mass is 10.1. The number of hydrogen-bond acceptors (Lipinski definition) is 9. The van der Waals surface area contributed by atoms with E-state index in [9.17, 15) is 28.7 Å². The molecule has 0 amide bonds. The largest absolute Gasteiger partial charge is 0.463 e. The molecular weight excluding hydrogens is 972 g/mol. The van der Waals surface area contributed by atoms with E-state index in [0.717, 1.165) is 38.4 Å². The first-order chi connectivity index (χ1) is 31.2. The predicted molar refractivity (Wildman–Crippen MR) is 278 cm³/mol. The molecule has 5 aromatic rings. The van der Waals surface area contributed by atoms with Crippen LogP contribution in [0.15, 0.2) is 155 Å². The summed E-state index contributed by atoms with van der Waals surface area (Å²) >= 11 is 12.3. The average Bonchev–Trinajstić information content (AvgIpc) is 3.27. The fraction of sp³-hybridized carbons (Fsp3) is 0.283. The molecule has 4 atom stereocenters. The maximum Gasteiger partial charge on any atom is 0.360 e. The molecule has 0 spiro atoms. The highest BCUT2D eigenvalue weighted by Crippen LogP contribution is 2.54. The minimum atomic E-state index is -4.52. The molecule has 350 valence electrons. The molecule has 0 aliphatic rings. The predicted octanol–water partition coefficient (Wildman–Crippen LogP) is 10.2. The number of ether oxygens (including phenoxy) is 3. The Bertz CT molecular complexity index is 2550. The van der Waals surface area contributed by atoms with Crippen molar-refractivity contribution in [3.05, 3.63) is 157 Å². The van der Waals surface area contributed by atoms with Crippen LogP contribution in [0.1, 0.15) is 51.7 Å². The van der Waals surface area contributed by atoms with E-state index in [-0.39, 0.29) is 12.4 Å². The molecule has 5 aromatic carbocycles. The summed E-state index contributed by atoms with van der Waals surface area (Å²) in [5, 5.41) is 7.20. The first-order valence-corrected chi connectivity index (χ1v) is 31.0. The van der Waals surface area contributed by atoms with Gasteiger partial charge in [-0.25, -0.2) is 0 Å². The fourth-order valence-electron chi connectivity index (χ4n) is 7.03. The summed E-state index contributed by atoms with van der Waals surface area (Å²) in [4.78, 5) is 38.6. The van der Waals surface area contributed by atoms with Crippen LogP contribution in [0.2, 0.25) is 0 Å². The Labute approximate surface area is 400 Å². The molecule has 4 unspecified atom stereocenters. The molecule has 0 bridgehead atoms. The molecule has 66 heavy (non-hydrogen) atoms. The number of hydrazone groups is 1. The van der Waals surface area contributed by atoms with Crippen LogP contribution in [0.5, 0.6) is 17.2 Å². The lowest BCUT2D eigenvalue weighted by Crippen LogP contribution is -2.31. The third kappa shape index (κ3) is 15.6. The Morgan fingerprint density at radius 3 is 1.79 bits per heavy atom. The Morgan fingerprint density at radius 1 is 0.788 bits per heavy atom. The van der Waals surface area contributed by atoms with Crippen LogP contribution in [0, 0.1) is 0 Å². The van der Waals surface area contributed by atoms with Gasteiger partial charge >= 0.3 is 28.9 Å². The summed E-state index contributed by atoms with van der Waals surface area (Å²) in [6, 6.07) is 43.6. The van der Waals surface area contributed by atoms with Gasteiger partial charge in [-0.15, -0.1) is 9.88 Å². The van der Waals surface area contributed by atoms with Crippen LogP contribution >= 0.6 is 35.9 Å². The van der Waals surface area contributed by atoms with Crippen molar-refractivity contribution in [1.82, 2.24) is 9.68 Å². The van der Waals surface area contributed by atoms with Crippen LogP contribution in [0.4, 0.5) is 0 Å². The molecule has 0 heterocycles. The molecule has 0 fully saturated rings. The van der Waals surface area contributed by atoms with Crippen molar-refractivity contribution in [2.75, 3.05) is 26.2 Å². The molecule has 13 nitrogen and oxygen atoms in total. The van der Waals surface area contributed by atoms with Crippen molar-refractivity contribution < 1.29 is 42.9 Å². The molecule has 0 saturated carbocycles. The van der Waals surface area contributed by atoms with Crippen molar-refractivity contribution in [2.45, 2.75) is 58.1 Å². The number of benzene rings is 5. The summed E-state index contributed by atoms with van der Waals surface area (Å²) in [5.74, 6) is 2.16. The van der Waals surface area contributed by atoms with E-state index in [4.69, 9.17) is 47.4 Å². The molecule has 20 heteroatoms. The minimum absolute atomic E-state index is 0.0426. The average molecular weight is 1030 g/mol. The van der Waals surface area contributed by atoms with Crippen LogP contribution < -0.4 is 30.1 Å². The molecule has 0 saturated heterocycles. The number of hydrogen-bond donors (Lipinski definition) is 4. The third-order valence-corrected chi connectivity index (χ3v) is 22.3. The van der Waals surface area contributed by atoms with Crippen molar-refractivity contribution in [3.8, 4) is 17.2 Å². The topological polar surface area (TPSA) is 174 Å². The molecule has 0 aliphatic heterocycles. The van der Waals surface area contributed by atoms with Crippen molar-refractivity contribution in [3.63, 3.8) is 0 Å². The van der Waals surface area contributed by atoms with Gasteiger partial charge in [0.2, 0.25) is 0 Å².